The van der Waals surface area contributed by atoms with Gasteiger partial charge in [0.05, 0.1) is 36.8 Å². The molecular formula is C30H40N10O3S. The number of aryl methyl sites for hydroxylation is 1. The highest BCUT2D eigenvalue weighted by atomic mass is 32.2. The van der Waals surface area contributed by atoms with Crippen LogP contribution in [-0.2, 0) is 23.5 Å². The molecule has 44 heavy (non-hydrogen) atoms. The maximum atomic E-state index is 12.6. The van der Waals surface area contributed by atoms with Crippen LogP contribution in [0.3, 0.4) is 0 Å². The van der Waals surface area contributed by atoms with Crippen molar-refractivity contribution in [3.8, 4) is 5.75 Å². The number of hydrogen-bond donors (Lipinski definition) is 4. The lowest BCUT2D eigenvalue weighted by atomic mass is 10.0. The molecule has 14 heteroatoms. The van der Waals surface area contributed by atoms with Gasteiger partial charge in [0.15, 0.2) is 11.5 Å². The number of imidazole rings is 1. The maximum absolute atomic E-state index is 12.6. The van der Waals surface area contributed by atoms with Gasteiger partial charge < -0.3 is 35.5 Å². The summed E-state index contributed by atoms with van der Waals surface area (Å²) in [6, 6.07) is 12.4. The van der Waals surface area contributed by atoms with Crippen LogP contribution in [0.4, 0.5) is 34.5 Å². The summed E-state index contributed by atoms with van der Waals surface area (Å²) < 4.78 is 34.2. The van der Waals surface area contributed by atoms with Gasteiger partial charge in [-0.3, -0.25) is 4.31 Å². The number of ether oxygens (including phenoxy) is 1. The van der Waals surface area contributed by atoms with Crippen molar-refractivity contribution in [3.63, 3.8) is 0 Å². The molecule has 0 atom stereocenters. The summed E-state index contributed by atoms with van der Waals surface area (Å²) in [6.07, 6.45) is 5.74. The Labute approximate surface area is 258 Å². The van der Waals surface area contributed by atoms with Crippen LogP contribution in [0.1, 0.15) is 18.4 Å². The van der Waals surface area contributed by atoms with Gasteiger partial charge in [-0.05, 0) is 50.1 Å². The fourth-order valence-corrected chi connectivity index (χ4v) is 6.99. The number of aromatic nitrogens is 4. The van der Waals surface area contributed by atoms with E-state index >= 15 is 0 Å². The summed E-state index contributed by atoms with van der Waals surface area (Å²) in [6.45, 7) is 4.30. The minimum absolute atomic E-state index is 0.339. The van der Waals surface area contributed by atoms with Crippen LogP contribution in [0, 0.1) is 0 Å². The number of benzene rings is 2. The maximum Gasteiger partial charge on any atom is 0.232 e. The number of para-hydroxylation sites is 1. The molecule has 4 heterocycles. The number of methoxy groups -OCH3 is 1. The van der Waals surface area contributed by atoms with Gasteiger partial charge in [-0.1, -0.05) is 12.1 Å². The van der Waals surface area contributed by atoms with E-state index in [0.717, 1.165) is 56.0 Å². The molecule has 0 spiro atoms. The molecule has 6 rings (SSSR count). The van der Waals surface area contributed by atoms with Gasteiger partial charge in [0.1, 0.15) is 11.3 Å². The molecule has 1 saturated heterocycles. The number of fused-ring (bicyclic) bond motifs is 2. The van der Waals surface area contributed by atoms with E-state index in [2.05, 4.69) is 42.2 Å². The Balaban J connectivity index is 1.25. The fourth-order valence-electron chi connectivity index (χ4n) is 6.02. The van der Waals surface area contributed by atoms with Crippen molar-refractivity contribution < 1.29 is 13.2 Å². The van der Waals surface area contributed by atoms with E-state index in [1.807, 2.05) is 49.0 Å². The van der Waals surface area contributed by atoms with Gasteiger partial charge in [-0.2, -0.15) is 9.97 Å². The Morgan fingerprint density at radius 2 is 1.84 bits per heavy atom. The summed E-state index contributed by atoms with van der Waals surface area (Å²) in [4.78, 5) is 16.4. The molecule has 0 amide bonds. The van der Waals surface area contributed by atoms with E-state index < -0.39 is 10.0 Å². The molecule has 0 radical (unpaired) electrons. The van der Waals surface area contributed by atoms with Crippen LogP contribution in [0.25, 0.3) is 11.2 Å². The lowest BCUT2D eigenvalue weighted by Gasteiger charge is -2.34. The summed E-state index contributed by atoms with van der Waals surface area (Å²) >= 11 is 0. The van der Waals surface area contributed by atoms with Crippen LogP contribution in [0.5, 0.6) is 5.75 Å². The van der Waals surface area contributed by atoms with E-state index in [1.54, 1.807) is 13.4 Å². The molecule has 0 bridgehead atoms. The monoisotopic (exact) mass is 620 g/mol. The number of piperidine rings is 1. The third-order valence-electron chi connectivity index (χ3n) is 8.28. The van der Waals surface area contributed by atoms with Gasteiger partial charge >= 0.3 is 0 Å². The van der Waals surface area contributed by atoms with Crippen LogP contribution in [-0.4, -0.2) is 87.1 Å². The Morgan fingerprint density at radius 1 is 1.02 bits per heavy atom. The Kier molecular flexibility index (Phi) is 8.47. The SMILES string of the molecule is CNCCNC1CCN(c2ccc(Nc3nc(Nc4cccc5c4N(S(C)(=O)=O)CC5)c4c(ncn4C)n3)c(OC)c2)CC1. The van der Waals surface area contributed by atoms with Crippen LogP contribution in [0.2, 0.25) is 0 Å². The third kappa shape index (κ3) is 6.10. The van der Waals surface area contributed by atoms with Gasteiger partial charge in [-0.15, -0.1) is 0 Å². The molecule has 13 nitrogen and oxygen atoms in total. The first-order valence-electron chi connectivity index (χ1n) is 14.9. The highest BCUT2D eigenvalue weighted by Crippen LogP contribution is 2.39. The standard InChI is InChI=1S/C30H40N10O3S/c1-31-13-14-32-21-11-15-39(16-12-21)22-8-9-23(25(18-22)43-3)35-30-36-28-27(38(2)19-33-28)29(37-30)34-24-7-5-6-20-10-17-40(26(20)24)44(4,41)42/h5-9,18-19,21,31-32H,10-17H2,1-4H3,(H2,34,35,36,37). The molecule has 1 fully saturated rings. The topological polar surface area (TPSA) is 142 Å². The number of anilines is 6. The first-order valence-corrected chi connectivity index (χ1v) is 16.7. The second kappa shape index (κ2) is 12.5. The van der Waals surface area contributed by atoms with Crippen molar-refractivity contribution in [2.45, 2.75) is 25.3 Å². The average Bonchev–Trinajstić information content (AvgIpc) is 3.62. The molecule has 234 valence electrons. The highest BCUT2D eigenvalue weighted by molar-refractivity contribution is 7.92. The molecule has 4 N–H and O–H groups in total. The molecule has 4 aromatic rings. The first-order chi connectivity index (χ1) is 21.2. The van der Waals surface area contributed by atoms with Gasteiger partial charge in [0, 0.05) is 57.6 Å². The van der Waals surface area contributed by atoms with Crippen molar-refractivity contribution in [2.75, 3.05) is 73.0 Å². The zero-order valence-corrected chi connectivity index (χ0v) is 26.4. The summed E-state index contributed by atoms with van der Waals surface area (Å²) in [5.74, 6) is 1.53. The Bertz CT molecular complexity index is 1750. The fraction of sp³-hybridized carbons (Fsp3) is 0.433. The van der Waals surface area contributed by atoms with Gasteiger partial charge in [-0.25, -0.2) is 13.4 Å². The zero-order chi connectivity index (χ0) is 30.8. The minimum Gasteiger partial charge on any atom is -0.494 e. The van der Waals surface area contributed by atoms with Crippen molar-refractivity contribution in [1.82, 2.24) is 30.2 Å². The lowest BCUT2D eigenvalue weighted by Crippen LogP contribution is -2.44. The second-order valence-corrected chi connectivity index (χ2v) is 13.2. The largest absolute Gasteiger partial charge is 0.494 e. The van der Waals surface area contributed by atoms with E-state index in [-0.39, 0.29) is 0 Å². The summed E-state index contributed by atoms with van der Waals surface area (Å²) in [7, 11) is 2.06. The predicted molar refractivity (Wildman–Crippen MR) is 175 cm³/mol. The normalized spacial score (nSPS) is 15.5. The Hall–Kier alpha value is -4.14. The van der Waals surface area contributed by atoms with Crippen LogP contribution >= 0.6 is 0 Å². The number of likely N-dealkylation sites (N-methyl/N-ethyl adjacent to an activating group) is 1. The van der Waals surface area contributed by atoms with Gasteiger partial charge in [0.25, 0.3) is 0 Å². The van der Waals surface area contributed by atoms with Gasteiger partial charge in [0.2, 0.25) is 16.0 Å². The number of hydrogen-bond acceptors (Lipinski definition) is 11. The van der Waals surface area contributed by atoms with Crippen molar-refractivity contribution in [1.29, 1.82) is 0 Å². The molecule has 0 saturated carbocycles. The van der Waals surface area contributed by atoms with Crippen molar-refractivity contribution in [2.24, 2.45) is 7.05 Å². The zero-order valence-electron chi connectivity index (χ0n) is 25.6. The number of nitrogens with one attached hydrogen (secondary N) is 4. The molecule has 2 aromatic carbocycles. The molecule has 2 aromatic heterocycles. The number of rotatable bonds is 11. The summed E-state index contributed by atoms with van der Waals surface area (Å²) in [5.41, 5.74) is 5.30. The summed E-state index contributed by atoms with van der Waals surface area (Å²) in [5, 5.41) is 13.5. The van der Waals surface area contributed by atoms with E-state index in [4.69, 9.17) is 9.72 Å². The molecule has 2 aliphatic rings. The van der Waals surface area contributed by atoms with Crippen molar-refractivity contribution in [3.05, 3.63) is 48.3 Å². The van der Waals surface area contributed by atoms with Crippen LogP contribution in [0.15, 0.2) is 42.7 Å². The number of nitrogens with zero attached hydrogens (tertiary/aromatic N) is 6. The predicted octanol–water partition coefficient (Wildman–Crippen LogP) is 2.96. The second-order valence-electron chi connectivity index (χ2n) is 11.3. The third-order valence-corrected chi connectivity index (χ3v) is 9.44. The smallest absolute Gasteiger partial charge is 0.232 e. The van der Waals surface area contributed by atoms with Crippen LogP contribution < -0.4 is 35.2 Å². The average molecular weight is 621 g/mol. The molecule has 2 aliphatic heterocycles. The quantitative estimate of drug-likeness (QED) is 0.184. The molecular weight excluding hydrogens is 580 g/mol. The first kappa shape index (κ1) is 29.9. The molecule has 0 aliphatic carbocycles. The highest BCUT2D eigenvalue weighted by Gasteiger charge is 2.29. The van der Waals surface area contributed by atoms with Crippen molar-refractivity contribution >= 4 is 55.7 Å². The van der Waals surface area contributed by atoms with E-state index in [0.29, 0.717) is 59.1 Å². The lowest BCUT2D eigenvalue weighted by molar-refractivity contribution is 0.410. The van der Waals surface area contributed by atoms with E-state index in [9.17, 15) is 8.42 Å². The Morgan fingerprint density at radius 3 is 2.59 bits per heavy atom. The number of sulfonamides is 1. The molecule has 0 unspecified atom stereocenters. The van der Waals surface area contributed by atoms with E-state index in [1.165, 1.54) is 10.6 Å². The minimum atomic E-state index is -3.44.